The van der Waals surface area contributed by atoms with Crippen LogP contribution >= 0.6 is 11.3 Å². The van der Waals surface area contributed by atoms with Gasteiger partial charge in [0.05, 0.1) is 0 Å². The van der Waals surface area contributed by atoms with E-state index in [-0.39, 0.29) is 0 Å². The summed E-state index contributed by atoms with van der Waals surface area (Å²) in [5, 5.41) is 14.2. The Morgan fingerprint density at radius 3 is 1.79 bits per heavy atom. The third kappa shape index (κ3) is 11.5. The molecule has 1 aromatic rings. The topological polar surface area (TPSA) is 35.8 Å². The molecule has 0 atom stereocenters. The Kier molecular flexibility index (Phi) is 13.6. The predicted molar refractivity (Wildman–Crippen MR) is 108 cm³/mol. The van der Waals surface area contributed by atoms with Gasteiger partial charge < -0.3 is 5.32 Å². The first-order valence-corrected chi connectivity index (χ1v) is 11.0. The van der Waals surface area contributed by atoms with Gasteiger partial charge in [0.1, 0.15) is 10.9 Å². The molecule has 24 heavy (non-hydrogen) atoms. The lowest BCUT2D eigenvalue weighted by atomic mass is 10.0. The summed E-state index contributed by atoms with van der Waals surface area (Å²) in [5.74, 6) is 0. The molecule has 0 aliphatic rings. The average Bonchev–Trinajstić information content (AvgIpc) is 3.06. The van der Waals surface area contributed by atoms with Crippen molar-refractivity contribution in [3.05, 3.63) is 16.3 Å². The van der Waals surface area contributed by atoms with E-state index in [9.17, 15) is 0 Å². The predicted octanol–water partition coefficient (Wildman–Crippen LogP) is 7.51. The summed E-state index contributed by atoms with van der Waals surface area (Å²) in [6, 6.07) is 4.12. The molecule has 1 aromatic heterocycles. The molecule has 3 heteroatoms. The van der Waals surface area contributed by atoms with Gasteiger partial charge in [0.25, 0.3) is 0 Å². The summed E-state index contributed by atoms with van der Waals surface area (Å²) < 4.78 is 0. The molecule has 0 amide bonds. The minimum Gasteiger partial charge on any atom is -0.384 e. The molecule has 2 nitrogen and oxygen atoms in total. The average molecular weight is 349 g/mol. The Balaban J connectivity index is 1.75. The first kappa shape index (κ1) is 21.0. The normalized spacial score (nSPS) is 10.7. The third-order valence-electron chi connectivity index (χ3n) is 4.57. The van der Waals surface area contributed by atoms with Gasteiger partial charge in [-0.15, -0.1) is 11.3 Å². The first-order chi connectivity index (χ1) is 11.9. The fraction of sp³-hybridized carbons (Fsp3) is 0.762. The Labute approximate surface area is 153 Å². The van der Waals surface area contributed by atoms with Crippen LogP contribution in [-0.2, 0) is 0 Å². The molecule has 1 N–H and O–H groups in total. The second kappa shape index (κ2) is 15.5. The Morgan fingerprint density at radius 2 is 1.33 bits per heavy atom. The smallest absolute Gasteiger partial charge is 0.110 e. The summed E-state index contributed by atoms with van der Waals surface area (Å²) in [5.41, 5.74) is 1.10. The minimum absolute atomic E-state index is 0.790. The molecule has 0 aromatic carbocycles. The van der Waals surface area contributed by atoms with Gasteiger partial charge in [-0.25, -0.2) is 0 Å². The van der Waals surface area contributed by atoms with Crippen LogP contribution in [0, 0.1) is 11.3 Å². The fourth-order valence-corrected chi connectivity index (χ4v) is 3.69. The third-order valence-corrected chi connectivity index (χ3v) is 5.40. The maximum atomic E-state index is 8.79. The summed E-state index contributed by atoms with van der Waals surface area (Å²) in [6.45, 7) is 3.31. The number of nitrogens with zero attached hydrogens (tertiary/aromatic N) is 1. The monoisotopic (exact) mass is 348 g/mol. The fourth-order valence-electron chi connectivity index (χ4n) is 3.04. The molecule has 0 aliphatic heterocycles. The Morgan fingerprint density at radius 1 is 0.833 bits per heavy atom. The number of nitrogens with one attached hydrogen (secondary N) is 1. The highest BCUT2D eigenvalue weighted by atomic mass is 32.1. The number of hydrogen-bond acceptors (Lipinski definition) is 3. The van der Waals surface area contributed by atoms with E-state index in [0.717, 1.165) is 17.1 Å². The standard InChI is InChI=1S/C21H36N2S/c1-2-3-4-5-6-7-8-9-10-11-12-13-14-15-16-23-20-17-21(18-22)24-19-20/h17,19,23H,2-16H2,1H3. The molecule has 0 spiro atoms. The summed E-state index contributed by atoms with van der Waals surface area (Å²) >= 11 is 1.51. The molecule has 0 saturated carbocycles. The van der Waals surface area contributed by atoms with Gasteiger partial charge in [-0.05, 0) is 12.5 Å². The molecule has 0 radical (unpaired) electrons. The number of unbranched alkanes of at least 4 members (excludes halogenated alkanes) is 13. The maximum Gasteiger partial charge on any atom is 0.110 e. The SMILES string of the molecule is CCCCCCCCCCCCCCCCNc1csc(C#N)c1. The van der Waals surface area contributed by atoms with Crippen molar-refractivity contribution in [3.8, 4) is 6.07 Å². The van der Waals surface area contributed by atoms with Gasteiger partial charge in [0, 0.05) is 17.6 Å². The summed E-state index contributed by atoms with van der Waals surface area (Å²) in [4.78, 5) is 0.790. The Hall–Kier alpha value is -1.01. The van der Waals surface area contributed by atoms with Crippen LogP contribution in [0.1, 0.15) is 102 Å². The molecule has 0 unspecified atom stereocenters. The van der Waals surface area contributed by atoms with Crippen LogP contribution in [0.2, 0.25) is 0 Å². The van der Waals surface area contributed by atoms with Gasteiger partial charge in [0.15, 0.2) is 0 Å². The van der Waals surface area contributed by atoms with Crippen LogP contribution < -0.4 is 5.32 Å². The number of anilines is 1. The molecular formula is C21H36N2S. The quantitative estimate of drug-likeness (QED) is 0.314. The lowest BCUT2D eigenvalue weighted by Crippen LogP contribution is -1.99. The van der Waals surface area contributed by atoms with E-state index in [1.54, 1.807) is 0 Å². The van der Waals surface area contributed by atoms with Crippen LogP contribution in [0.15, 0.2) is 11.4 Å². The first-order valence-electron chi connectivity index (χ1n) is 10.1. The lowest BCUT2D eigenvalue weighted by Gasteiger charge is -2.04. The van der Waals surface area contributed by atoms with Crippen LogP contribution in [0.5, 0.6) is 0 Å². The van der Waals surface area contributed by atoms with Crippen LogP contribution in [0.3, 0.4) is 0 Å². The van der Waals surface area contributed by atoms with Crippen LogP contribution in [0.25, 0.3) is 0 Å². The number of nitriles is 1. The van der Waals surface area contributed by atoms with E-state index in [1.165, 1.54) is 101 Å². The van der Waals surface area contributed by atoms with Gasteiger partial charge in [0.2, 0.25) is 0 Å². The van der Waals surface area contributed by atoms with Crippen molar-refractivity contribution in [2.24, 2.45) is 0 Å². The summed E-state index contributed by atoms with van der Waals surface area (Å²) in [6.07, 6.45) is 19.6. The highest BCUT2D eigenvalue weighted by Gasteiger charge is 1.98. The van der Waals surface area contributed by atoms with Crippen LogP contribution in [0.4, 0.5) is 5.69 Å². The van der Waals surface area contributed by atoms with Gasteiger partial charge in [-0.2, -0.15) is 5.26 Å². The van der Waals surface area contributed by atoms with Crippen molar-refractivity contribution in [3.63, 3.8) is 0 Å². The largest absolute Gasteiger partial charge is 0.384 e. The number of rotatable bonds is 16. The van der Waals surface area contributed by atoms with Crippen molar-refractivity contribution in [2.75, 3.05) is 11.9 Å². The molecule has 0 saturated heterocycles. The molecule has 1 rings (SSSR count). The van der Waals surface area contributed by atoms with Crippen molar-refractivity contribution >= 4 is 17.0 Å². The zero-order valence-electron chi connectivity index (χ0n) is 15.6. The van der Waals surface area contributed by atoms with Crippen molar-refractivity contribution in [2.45, 2.75) is 96.8 Å². The van der Waals surface area contributed by atoms with Gasteiger partial charge in [-0.1, -0.05) is 90.4 Å². The zero-order valence-corrected chi connectivity index (χ0v) is 16.4. The van der Waals surface area contributed by atoms with E-state index in [4.69, 9.17) is 5.26 Å². The molecular weight excluding hydrogens is 312 g/mol. The highest BCUT2D eigenvalue weighted by molar-refractivity contribution is 7.11. The lowest BCUT2D eigenvalue weighted by molar-refractivity contribution is 0.537. The summed E-state index contributed by atoms with van der Waals surface area (Å²) in [7, 11) is 0. The second-order valence-corrected chi connectivity index (χ2v) is 7.75. The molecule has 0 fully saturated rings. The minimum atomic E-state index is 0.790. The van der Waals surface area contributed by atoms with E-state index in [2.05, 4.69) is 18.3 Å². The number of thiophene rings is 1. The van der Waals surface area contributed by atoms with Gasteiger partial charge >= 0.3 is 0 Å². The van der Waals surface area contributed by atoms with Crippen LogP contribution in [-0.4, -0.2) is 6.54 Å². The van der Waals surface area contributed by atoms with Crippen molar-refractivity contribution < 1.29 is 0 Å². The Bertz CT molecular complexity index is 433. The van der Waals surface area contributed by atoms with E-state index < -0.39 is 0 Å². The second-order valence-electron chi connectivity index (χ2n) is 6.83. The molecule has 0 aliphatic carbocycles. The molecule has 136 valence electrons. The maximum absolute atomic E-state index is 8.79. The zero-order chi connectivity index (χ0) is 17.3. The van der Waals surface area contributed by atoms with Gasteiger partial charge in [-0.3, -0.25) is 0 Å². The molecule has 1 heterocycles. The highest BCUT2D eigenvalue weighted by Crippen LogP contribution is 2.18. The number of hydrogen-bond donors (Lipinski definition) is 1. The molecule has 0 bridgehead atoms. The van der Waals surface area contributed by atoms with Crippen molar-refractivity contribution in [1.29, 1.82) is 5.26 Å². The van der Waals surface area contributed by atoms with Crippen molar-refractivity contribution in [1.82, 2.24) is 0 Å². The van der Waals surface area contributed by atoms with E-state index in [0.29, 0.717) is 0 Å². The van der Waals surface area contributed by atoms with E-state index >= 15 is 0 Å². The van der Waals surface area contributed by atoms with E-state index in [1.807, 2.05) is 11.4 Å².